The third-order valence-electron chi connectivity index (χ3n) is 6.13. The number of aliphatic hydroxyl groups excluding tert-OH is 1. The summed E-state index contributed by atoms with van der Waals surface area (Å²) in [6.45, 7) is 3.08. The second kappa shape index (κ2) is 8.87. The molecule has 2 aliphatic rings. The second-order valence-corrected chi connectivity index (χ2v) is 8.13. The van der Waals surface area contributed by atoms with Crippen molar-refractivity contribution in [3.8, 4) is 5.75 Å². The van der Waals surface area contributed by atoms with Gasteiger partial charge in [-0.2, -0.15) is 5.10 Å². The van der Waals surface area contributed by atoms with Gasteiger partial charge in [-0.1, -0.05) is 13.0 Å². The van der Waals surface area contributed by atoms with Gasteiger partial charge in [-0.3, -0.25) is 14.3 Å². The van der Waals surface area contributed by atoms with Crippen LogP contribution >= 0.6 is 0 Å². The van der Waals surface area contributed by atoms with Gasteiger partial charge in [-0.25, -0.2) is 0 Å². The molecule has 0 radical (unpaired) electrons. The molecule has 1 aliphatic heterocycles. The van der Waals surface area contributed by atoms with Gasteiger partial charge in [0.15, 0.2) is 6.61 Å². The van der Waals surface area contributed by atoms with Crippen LogP contribution in [0.1, 0.15) is 32.2 Å². The fourth-order valence-electron chi connectivity index (χ4n) is 4.52. The van der Waals surface area contributed by atoms with Gasteiger partial charge in [-0.05, 0) is 42.9 Å². The SMILES string of the molecule is CCC(=O)Nc1cccc(OCC(=O)N2C[C@H]3C[C@@H](n4cccn4)[C@H](O)C[C@H]3C2)c1. The highest BCUT2D eigenvalue weighted by Gasteiger charge is 2.43. The molecule has 1 aliphatic carbocycles. The topological polar surface area (TPSA) is 96.7 Å². The van der Waals surface area contributed by atoms with Gasteiger partial charge in [0.05, 0.1) is 12.1 Å². The summed E-state index contributed by atoms with van der Waals surface area (Å²) in [5.74, 6) is 1.08. The smallest absolute Gasteiger partial charge is 0.260 e. The minimum absolute atomic E-state index is 0.0337. The molecule has 0 spiro atoms. The molecule has 2 N–H and O–H groups in total. The van der Waals surface area contributed by atoms with Crippen LogP contribution in [-0.4, -0.2) is 57.4 Å². The highest BCUT2D eigenvalue weighted by Crippen LogP contribution is 2.41. The third kappa shape index (κ3) is 4.48. The Labute approximate surface area is 175 Å². The maximum Gasteiger partial charge on any atom is 0.260 e. The Morgan fingerprint density at radius 1 is 1.23 bits per heavy atom. The van der Waals surface area contributed by atoms with Crippen LogP contribution in [0.3, 0.4) is 0 Å². The average molecular weight is 412 g/mol. The lowest BCUT2D eigenvalue weighted by molar-refractivity contribution is -0.132. The largest absolute Gasteiger partial charge is 0.484 e. The van der Waals surface area contributed by atoms with Crippen LogP contribution in [0.4, 0.5) is 5.69 Å². The molecule has 0 unspecified atom stereocenters. The first-order valence-electron chi connectivity index (χ1n) is 10.5. The molecule has 2 fully saturated rings. The van der Waals surface area contributed by atoms with Crippen molar-refractivity contribution in [3.63, 3.8) is 0 Å². The Bertz CT molecular complexity index is 885. The van der Waals surface area contributed by atoms with E-state index in [2.05, 4.69) is 10.4 Å². The molecule has 160 valence electrons. The molecule has 1 aromatic heterocycles. The number of fused-ring (bicyclic) bond motifs is 1. The van der Waals surface area contributed by atoms with Gasteiger partial charge in [0.25, 0.3) is 5.91 Å². The zero-order valence-corrected chi connectivity index (χ0v) is 17.1. The summed E-state index contributed by atoms with van der Waals surface area (Å²) in [6.07, 6.45) is 5.06. The number of likely N-dealkylation sites (tertiary alicyclic amines) is 1. The summed E-state index contributed by atoms with van der Waals surface area (Å²) in [6, 6.07) is 8.89. The zero-order chi connectivity index (χ0) is 21.1. The predicted octanol–water partition coefficient (Wildman–Crippen LogP) is 2.08. The molecular formula is C22H28N4O4. The van der Waals surface area contributed by atoms with Crippen LogP contribution in [0, 0.1) is 11.8 Å². The van der Waals surface area contributed by atoms with Crippen LogP contribution < -0.4 is 10.1 Å². The molecular weight excluding hydrogens is 384 g/mol. The normalized spacial score (nSPS) is 25.6. The molecule has 8 nitrogen and oxygen atoms in total. The quantitative estimate of drug-likeness (QED) is 0.757. The number of nitrogens with zero attached hydrogens (tertiary/aromatic N) is 3. The average Bonchev–Trinajstić information content (AvgIpc) is 3.41. The highest BCUT2D eigenvalue weighted by atomic mass is 16.5. The number of aromatic nitrogens is 2. The molecule has 1 saturated carbocycles. The lowest BCUT2D eigenvalue weighted by Gasteiger charge is -2.35. The summed E-state index contributed by atoms with van der Waals surface area (Å²) in [4.78, 5) is 26.1. The van der Waals surface area contributed by atoms with Gasteiger partial charge in [0, 0.05) is 43.7 Å². The Kier molecular flexibility index (Phi) is 6.03. The number of carbonyl (C=O) groups excluding carboxylic acids is 2. The van der Waals surface area contributed by atoms with E-state index >= 15 is 0 Å². The van der Waals surface area contributed by atoms with Crippen molar-refractivity contribution in [3.05, 3.63) is 42.7 Å². The number of ether oxygens (including phenoxy) is 1. The molecule has 8 heteroatoms. The van der Waals surface area contributed by atoms with E-state index in [1.165, 1.54) is 0 Å². The van der Waals surface area contributed by atoms with Gasteiger partial charge >= 0.3 is 0 Å². The number of nitrogens with one attached hydrogen (secondary N) is 1. The first-order chi connectivity index (χ1) is 14.5. The van der Waals surface area contributed by atoms with Gasteiger partial charge in [0.1, 0.15) is 5.75 Å². The van der Waals surface area contributed by atoms with E-state index in [1.807, 2.05) is 21.8 Å². The van der Waals surface area contributed by atoms with Crippen LogP contribution in [-0.2, 0) is 9.59 Å². The Morgan fingerprint density at radius 2 is 2.03 bits per heavy atom. The molecule has 2 amide bonds. The summed E-state index contributed by atoms with van der Waals surface area (Å²) >= 11 is 0. The number of hydrogen-bond donors (Lipinski definition) is 2. The highest BCUT2D eigenvalue weighted by molar-refractivity contribution is 5.90. The minimum Gasteiger partial charge on any atom is -0.484 e. The van der Waals surface area contributed by atoms with Crippen LogP contribution in [0.2, 0.25) is 0 Å². The number of anilines is 1. The number of carbonyl (C=O) groups is 2. The zero-order valence-electron chi connectivity index (χ0n) is 17.1. The van der Waals surface area contributed by atoms with E-state index in [1.54, 1.807) is 37.4 Å². The first-order valence-corrected chi connectivity index (χ1v) is 10.5. The van der Waals surface area contributed by atoms with Crippen molar-refractivity contribution in [2.75, 3.05) is 25.0 Å². The Hall–Kier alpha value is -2.87. The molecule has 30 heavy (non-hydrogen) atoms. The van der Waals surface area contributed by atoms with Crippen LogP contribution in [0.25, 0.3) is 0 Å². The third-order valence-corrected chi connectivity index (χ3v) is 6.13. The Morgan fingerprint density at radius 3 is 2.77 bits per heavy atom. The maximum atomic E-state index is 12.7. The lowest BCUT2D eigenvalue weighted by atomic mass is 9.77. The van der Waals surface area contributed by atoms with Crippen LogP contribution in [0.15, 0.2) is 42.7 Å². The van der Waals surface area contributed by atoms with E-state index < -0.39 is 6.10 Å². The minimum atomic E-state index is -0.446. The molecule has 1 aromatic carbocycles. The monoisotopic (exact) mass is 412 g/mol. The van der Waals surface area contributed by atoms with Crippen molar-refractivity contribution >= 4 is 17.5 Å². The van der Waals surface area contributed by atoms with Gasteiger partial charge < -0.3 is 20.1 Å². The summed E-state index contributed by atoms with van der Waals surface area (Å²) < 4.78 is 7.52. The van der Waals surface area contributed by atoms with Crippen molar-refractivity contribution < 1.29 is 19.4 Å². The van der Waals surface area contributed by atoms with E-state index in [9.17, 15) is 14.7 Å². The maximum absolute atomic E-state index is 12.7. The van der Waals surface area contributed by atoms with E-state index in [0.717, 1.165) is 6.42 Å². The lowest BCUT2D eigenvalue weighted by Crippen LogP contribution is -2.36. The molecule has 4 atom stereocenters. The van der Waals surface area contributed by atoms with E-state index in [4.69, 9.17) is 4.74 Å². The number of amides is 2. The molecule has 4 rings (SSSR count). The number of rotatable bonds is 6. The number of benzene rings is 1. The molecule has 2 heterocycles. The van der Waals surface area contributed by atoms with E-state index in [0.29, 0.717) is 49.2 Å². The van der Waals surface area contributed by atoms with Crippen molar-refractivity contribution in [2.45, 2.75) is 38.3 Å². The van der Waals surface area contributed by atoms with Crippen molar-refractivity contribution in [2.24, 2.45) is 11.8 Å². The van der Waals surface area contributed by atoms with Gasteiger partial charge in [0.2, 0.25) is 5.91 Å². The number of aliphatic hydroxyl groups is 1. The molecule has 2 aromatic rings. The fourth-order valence-corrected chi connectivity index (χ4v) is 4.52. The number of hydrogen-bond acceptors (Lipinski definition) is 5. The predicted molar refractivity (Wildman–Crippen MR) is 111 cm³/mol. The summed E-state index contributed by atoms with van der Waals surface area (Å²) in [7, 11) is 0. The van der Waals surface area contributed by atoms with Gasteiger partial charge in [-0.15, -0.1) is 0 Å². The second-order valence-electron chi connectivity index (χ2n) is 8.13. The fraction of sp³-hybridized carbons (Fsp3) is 0.500. The van der Waals surface area contributed by atoms with Crippen LogP contribution in [0.5, 0.6) is 5.75 Å². The molecule has 0 bridgehead atoms. The standard InChI is InChI=1S/C22H28N4O4/c1-2-21(28)24-17-5-3-6-18(11-17)30-14-22(29)25-12-15-9-19(26-8-4-7-23-26)20(27)10-16(15)13-25/h3-8,11,15-16,19-20,27H,2,9-10,12-14H2,1H3,(H,24,28)/t15-,16+,19-,20-/m1/s1. The van der Waals surface area contributed by atoms with E-state index in [-0.39, 0.29) is 24.5 Å². The first kappa shape index (κ1) is 20.4. The van der Waals surface area contributed by atoms with Crippen molar-refractivity contribution in [1.29, 1.82) is 0 Å². The summed E-state index contributed by atoms with van der Waals surface area (Å²) in [5.41, 5.74) is 0.651. The van der Waals surface area contributed by atoms with Crippen molar-refractivity contribution in [1.82, 2.24) is 14.7 Å². The summed E-state index contributed by atoms with van der Waals surface area (Å²) in [5, 5.41) is 17.6. The Balaban J connectivity index is 1.31. The molecule has 1 saturated heterocycles.